The summed E-state index contributed by atoms with van der Waals surface area (Å²) >= 11 is 0. The molecule has 0 fully saturated rings. The topological polar surface area (TPSA) is 16.4 Å². The number of para-hydroxylation sites is 1. The van der Waals surface area contributed by atoms with Gasteiger partial charge in [-0.05, 0) is 131 Å². The Balaban J connectivity index is 0.984. The summed E-state index contributed by atoms with van der Waals surface area (Å²) in [7, 11) is 0. The first kappa shape index (κ1) is 34.1. The van der Waals surface area contributed by atoms with Gasteiger partial charge in [-0.2, -0.15) is 0 Å². The lowest BCUT2D eigenvalue weighted by molar-refractivity contribution is 0.631. The first-order valence-electron chi connectivity index (χ1n) is 20.6. The molecule has 2 heteroatoms. The van der Waals surface area contributed by atoms with Crippen molar-refractivity contribution >= 4 is 81.9 Å². The maximum Gasteiger partial charge on any atom is 0.135 e. The molecule has 2 nitrogen and oxygen atoms in total. The Labute approximate surface area is 347 Å². The second-order valence-corrected chi connectivity index (χ2v) is 15.7. The molecule has 11 aromatic carbocycles. The summed E-state index contributed by atoms with van der Waals surface area (Å²) in [5.74, 6) is 0.878. The summed E-state index contributed by atoms with van der Waals surface area (Å²) in [5.41, 5.74) is 10.1. The first-order chi connectivity index (χ1) is 29.7. The largest absolute Gasteiger partial charge is 0.456 e. The van der Waals surface area contributed by atoms with Gasteiger partial charge in [-0.15, -0.1) is 0 Å². The quantitative estimate of drug-likeness (QED) is 0.157. The maximum atomic E-state index is 6.23. The van der Waals surface area contributed by atoms with Crippen LogP contribution in [0.2, 0.25) is 0 Å². The van der Waals surface area contributed by atoms with Crippen LogP contribution in [0.3, 0.4) is 0 Å². The molecule has 0 aliphatic carbocycles. The van der Waals surface area contributed by atoms with E-state index in [-0.39, 0.29) is 0 Å². The van der Waals surface area contributed by atoms with E-state index in [1.807, 2.05) is 18.2 Å². The monoisotopic (exact) mass is 763 g/mol. The highest BCUT2D eigenvalue weighted by Gasteiger charge is 2.19. The molecule has 60 heavy (non-hydrogen) atoms. The predicted octanol–water partition coefficient (Wildman–Crippen LogP) is 16.7. The summed E-state index contributed by atoms with van der Waals surface area (Å²) in [5, 5.41) is 13.5. The highest BCUT2D eigenvalue weighted by molar-refractivity contribution is 6.16. The minimum absolute atomic E-state index is 0.878. The van der Waals surface area contributed by atoms with Gasteiger partial charge >= 0.3 is 0 Å². The van der Waals surface area contributed by atoms with Crippen LogP contribution >= 0.6 is 0 Å². The van der Waals surface area contributed by atoms with Crippen molar-refractivity contribution in [3.8, 4) is 33.6 Å². The molecule has 0 bridgehead atoms. The van der Waals surface area contributed by atoms with Crippen LogP contribution in [0.25, 0.3) is 98.4 Å². The number of furan rings is 1. The lowest BCUT2D eigenvalue weighted by atomic mass is 9.93. The van der Waals surface area contributed by atoms with E-state index in [0.717, 1.165) is 44.9 Å². The van der Waals surface area contributed by atoms with E-state index in [1.54, 1.807) is 0 Å². The minimum atomic E-state index is 0.878. The van der Waals surface area contributed by atoms with E-state index in [1.165, 1.54) is 70.6 Å². The van der Waals surface area contributed by atoms with Gasteiger partial charge in [-0.1, -0.05) is 164 Å². The van der Waals surface area contributed by atoms with Crippen LogP contribution in [0.15, 0.2) is 229 Å². The van der Waals surface area contributed by atoms with Gasteiger partial charge < -0.3 is 9.32 Å². The van der Waals surface area contributed by atoms with Crippen molar-refractivity contribution in [2.24, 2.45) is 0 Å². The Morgan fingerprint density at radius 2 is 0.833 bits per heavy atom. The number of anilines is 3. The molecule has 1 aromatic heterocycles. The molecule has 0 atom stereocenters. The average Bonchev–Trinajstić information content (AvgIpc) is 3.76. The van der Waals surface area contributed by atoms with Crippen LogP contribution in [0.5, 0.6) is 0 Å². The normalized spacial score (nSPS) is 11.7. The molecule has 0 saturated carbocycles. The van der Waals surface area contributed by atoms with Crippen LogP contribution in [0.4, 0.5) is 17.1 Å². The van der Waals surface area contributed by atoms with Crippen molar-refractivity contribution in [3.05, 3.63) is 224 Å². The first-order valence-corrected chi connectivity index (χ1v) is 20.6. The lowest BCUT2D eigenvalue weighted by Gasteiger charge is -2.28. The Morgan fingerprint density at radius 1 is 0.283 bits per heavy atom. The molecule has 0 aliphatic heterocycles. The van der Waals surface area contributed by atoms with E-state index in [2.05, 4.69) is 211 Å². The molecule has 0 aliphatic rings. The number of hydrogen-bond donors (Lipinski definition) is 0. The fourth-order valence-corrected chi connectivity index (χ4v) is 9.26. The van der Waals surface area contributed by atoms with Gasteiger partial charge in [0.2, 0.25) is 0 Å². The zero-order chi connectivity index (χ0) is 39.6. The molecule has 0 N–H and O–H groups in total. The number of fused-ring (bicyclic) bond motifs is 8. The van der Waals surface area contributed by atoms with Crippen LogP contribution < -0.4 is 4.90 Å². The van der Waals surface area contributed by atoms with Crippen molar-refractivity contribution < 1.29 is 4.42 Å². The minimum Gasteiger partial charge on any atom is -0.456 e. The van der Waals surface area contributed by atoms with Crippen LogP contribution in [-0.2, 0) is 0 Å². The average molecular weight is 764 g/mol. The zero-order valence-electron chi connectivity index (χ0n) is 32.7. The van der Waals surface area contributed by atoms with Crippen molar-refractivity contribution in [1.29, 1.82) is 0 Å². The standard InChI is InChI=1S/C58H37NO/c1-4-17-49-43(12-1)35-55(53-21-7-6-19-51(49)53)38-26-29-47(30-27-38)59(56-36-44-13-2-5-18-50(44)52-20-8-9-22-54(52)56)48-31-28-41-32-40(24-25-42(41)34-48)39-15-11-16-45(33-39)58-37-46-14-3-10-23-57(46)60-58/h1-37H. The van der Waals surface area contributed by atoms with Crippen LogP contribution in [0, 0.1) is 0 Å². The summed E-state index contributed by atoms with van der Waals surface area (Å²) in [4.78, 5) is 2.43. The Hall–Kier alpha value is -7.94. The number of hydrogen-bond acceptors (Lipinski definition) is 2. The van der Waals surface area contributed by atoms with Gasteiger partial charge in [0.15, 0.2) is 0 Å². The summed E-state index contributed by atoms with van der Waals surface area (Å²) < 4.78 is 6.23. The van der Waals surface area contributed by atoms with Gasteiger partial charge in [-0.3, -0.25) is 0 Å². The zero-order valence-corrected chi connectivity index (χ0v) is 32.7. The molecule has 1 heterocycles. The third-order valence-electron chi connectivity index (χ3n) is 12.2. The third-order valence-corrected chi connectivity index (χ3v) is 12.2. The molecule has 0 amide bonds. The van der Waals surface area contributed by atoms with E-state index < -0.39 is 0 Å². The van der Waals surface area contributed by atoms with Gasteiger partial charge in [-0.25, -0.2) is 0 Å². The summed E-state index contributed by atoms with van der Waals surface area (Å²) in [6, 6.07) is 81.4. The predicted molar refractivity (Wildman–Crippen MR) is 255 cm³/mol. The Kier molecular flexibility index (Phi) is 7.89. The number of rotatable bonds is 6. The second kappa shape index (κ2) is 13.9. The van der Waals surface area contributed by atoms with Crippen molar-refractivity contribution in [2.75, 3.05) is 4.90 Å². The van der Waals surface area contributed by atoms with Crippen molar-refractivity contribution in [2.45, 2.75) is 0 Å². The molecular formula is C58H37NO. The highest BCUT2D eigenvalue weighted by atomic mass is 16.3. The smallest absolute Gasteiger partial charge is 0.135 e. The lowest BCUT2D eigenvalue weighted by Crippen LogP contribution is -2.10. The van der Waals surface area contributed by atoms with Crippen molar-refractivity contribution in [1.82, 2.24) is 0 Å². The van der Waals surface area contributed by atoms with Gasteiger partial charge in [0.25, 0.3) is 0 Å². The van der Waals surface area contributed by atoms with Crippen LogP contribution in [-0.4, -0.2) is 0 Å². The molecule has 12 aromatic rings. The van der Waals surface area contributed by atoms with Gasteiger partial charge in [0, 0.05) is 27.7 Å². The Bertz CT molecular complexity index is 3580. The number of nitrogens with zero attached hydrogens (tertiary/aromatic N) is 1. The number of benzene rings is 11. The Morgan fingerprint density at radius 3 is 1.60 bits per heavy atom. The molecular weight excluding hydrogens is 727 g/mol. The molecule has 280 valence electrons. The highest BCUT2D eigenvalue weighted by Crippen LogP contribution is 2.44. The second-order valence-electron chi connectivity index (χ2n) is 15.7. The van der Waals surface area contributed by atoms with E-state index in [4.69, 9.17) is 4.42 Å². The summed E-state index contributed by atoms with van der Waals surface area (Å²) in [6.45, 7) is 0. The fraction of sp³-hybridized carbons (Fsp3) is 0. The van der Waals surface area contributed by atoms with E-state index in [0.29, 0.717) is 0 Å². The molecule has 12 rings (SSSR count). The maximum absolute atomic E-state index is 6.23. The summed E-state index contributed by atoms with van der Waals surface area (Å²) in [6.07, 6.45) is 0. The van der Waals surface area contributed by atoms with Gasteiger partial charge in [0.1, 0.15) is 11.3 Å². The van der Waals surface area contributed by atoms with Gasteiger partial charge in [0.05, 0.1) is 5.69 Å². The SMILES string of the molecule is c1cc(-c2ccc3cc(N(c4ccc(-c5cc6ccccc6c6ccccc56)cc4)c4cc5ccccc5c5ccccc45)ccc3c2)cc(-c2cc3ccccc3o2)c1. The fourth-order valence-electron chi connectivity index (χ4n) is 9.26. The molecule has 0 unspecified atom stereocenters. The molecule has 0 saturated heterocycles. The van der Waals surface area contributed by atoms with E-state index >= 15 is 0 Å². The third kappa shape index (κ3) is 5.73. The molecule has 0 radical (unpaired) electrons. The van der Waals surface area contributed by atoms with Crippen molar-refractivity contribution in [3.63, 3.8) is 0 Å². The van der Waals surface area contributed by atoms with E-state index in [9.17, 15) is 0 Å². The van der Waals surface area contributed by atoms with Crippen LogP contribution in [0.1, 0.15) is 0 Å². The molecule has 0 spiro atoms.